The summed E-state index contributed by atoms with van der Waals surface area (Å²) in [5.74, 6) is 0. The first-order valence-electron chi connectivity index (χ1n) is 8.29. The standard InChI is InChI=1S/C22H19N2O.HI/c1-23-14-13-18-19(15-23)21(17-11-7-4-8-12-17)24(2)22(25)20(18)16-9-5-3-6-10-16;/h3-15H,1-2H3;1H/q+1;/p-1. The number of halogens is 1. The molecule has 4 aromatic rings. The molecule has 2 aromatic carbocycles. The molecule has 0 amide bonds. The Bertz CT molecular complexity index is 1120. The summed E-state index contributed by atoms with van der Waals surface area (Å²) in [7, 11) is 3.85. The Morgan fingerprint density at radius 3 is 2.00 bits per heavy atom. The maximum Gasteiger partial charge on any atom is 0.259 e. The molecular weight excluding hydrogens is 435 g/mol. The van der Waals surface area contributed by atoms with E-state index < -0.39 is 0 Å². The summed E-state index contributed by atoms with van der Waals surface area (Å²) < 4.78 is 3.79. The molecule has 0 atom stereocenters. The molecule has 3 nitrogen and oxygen atoms in total. The van der Waals surface area contributed by atoms with Crippen molar-refractivity contribution in [2.45, 2.75) is 0 Å². The number of hydrogen-bond donors (Lipinski definition) is 0. The van der Waals surface area contributed by atoms with E-state index in [2.05, 4.69) is 6.20 Å². The molecule has 0 aliphatic rings. The number of rotatable bonds is 2. The van der Waals surface area contributed by atoms with E-state index in [-0.39, 0.29) is 29.5 Å². The highest BCUT2D eigenvalue weighted by atomic mass is 127. The fraction of sp³-hybridized carbons (Fsp3) is 0.0909. The van der Waals surface area contributed by atoms with Gasteiger partial charge in [-0.15, -0.1) is 0 Å². The summed E-state index contributed by atoms with van der Waals surface area (Å²) in [5.41, 5.74) is 3.70. The smallest absolute Gasteiger partial charge is 0.259 e. The molecule has 0 bridgehead atoms. The molecule has 2 aromatic heterocycles. The zero-order chi connectivity index (χ0) is 17.4. The number of nitrogens with zero attached hydrogens (tertiary/aromatic N) is 2. The summed E-state index contributed by atoms with van der Waals surface area (Å²) in [6, 6.07) is 22.0. The van der Waals surface area contributed by atoms with Crippen LogP contribution in [0.2, 0.25) is 0 Å². The van der Waals surface area contributed by atoms with E-state index in [9.17, 15) is 4.79 Å². The zero-order valence-electron chi connectivity index (χ0n) is 14.7. The molecule has 130 valence electrons. The van der Waals surface area contributed by atoms with Gasteiger partial charge in [0.2, 0.25) is 0 Å². The first kappa shape index (κ1) is 18.3. The monoisotopic (exact) mass is 454 g/mol. The van der Waals surface area contributed by atoms with Crippen LogP contribution >= 0.6 is 0 Å². The molecule has 2 heterocycles. The predicted molar refractivity (Wildman–Crippen MR) is 101 cm³/mol. The van der Waals surface area contributed by atoms with Crippen molar-refractivity contribution >= 4 is 10.8 Å². The van der Waals surface area contributed by atoms with Gasteiger partial charge in [0.1, 0.15) is 7.05 Å². The van der Waals surface area contributed by atoms with Gasteiger partial charge in [-0.2, -0.15) is 0 Å². The molecule has 0 saturated carbocycles. The van der Waals surface area contributed by atoms with Gasteiger partial charge in [-0.25, -0.2) is 4.57 Å². The SMILES string of the molecule is Cn1c(-c2ccccc2)c2c[n+](C)ccc2c(-c2ccccc2)c1=O.[I-]. The number of hydrogen-bond acceptors (Lipinski definition) is 1. The summed E-state index contributed by atoms with van der Waals surface area (Å²) in [6.07, 6.45) is 4.08. The van der Waals surface area contributed by atoms with Gasteiger partial charge in [-0.3, -0.25) is 4.79 Å². The maximum atomic E-state index is 13.2. The molecule has 0 N–H and O–H groups in total. The van der Waals surface area contributed by atoms with Crippen molar-refractivity contribution in [3.8, 4) is 22.4 Å². The van der Waals surface area contributed by atoms with Crippen LogP contribution in [0.1, 0.15) is 0 Å². The molecule has 0 radical (unpaired) electrons. The fourth-order valence-corrected chi connectivity index (χ4v) is 3.40. The van der Waals surface area contributed by atoms with E-state index in [1.165, 1.54) is 0 Å². The first-order chi connectivity index (χ1) is 12.2. The quantitative estimate of drug-likeness (QED) is 0.324. The van der Waals surface area contributed by atoms with Gasteiger partial charge >= 0.3 is 0 Å². The summed E-state index contributed by atoms with van der Waals surface area (Å²) >= 11 is 0. The molecule has 26 heavy (non-hydrogen) atoms. The summed E-state index contributed by atoms with van der Waals surface area (Å²) in [6.45, 7) is 0. The van der Waals surface area contributed by atoms with Gasteiger partial charge in [0.05, 0.1) is 16.6 Å². The molecule has 0 fully saturated rings. The lowest BCUT2D eigenvalue weighted by molar-refractivity contribution is -0.670. The van der Waals surface area contributed by atoms with E-state index in [4.69, 9.17) is 0 Å². The van der Waals surface area contributed by atoms with E-state index >= 15 is 0 Å². The molecule has 0 aliphatic heterocycles. The first-order valence-corrected chi connectivity index (χ1v) is 8.29. The molecule has 0 saturated heterocycles. The summed E-state index contributed by atoms with van der Waals surface area (Å²) in [5, 5.41) is 2.04. The Morgan fingerprint density at radius 2 is 1.38 bits per heavy atom. The molecule has 4 rings (SSSR count). The number of fused-ring (bicyclic) bond motifs is 1. The van der Waals surface area contributed by atoms with Crippen molar-refractivity contribution in [1.82, 2.24) is 4.57 Å². The second-order valence-corrected chi connectivity index (χ2v) is 6.26. The second-order valence-electron chi connectivity index (χ2n) is 6.26. The van der Waals surface area contributed by atoms with Crippen molar-refractivity contribution in [2.75, 3.05) is 0 Å². The van der Waals surface area contributed by atoms with Crippen molar-refractivity contribution in [1.29, 1.82) is 0 Å². The van der Waals surface area contributed by atoms with Gasteiger partial charge in [-0.05, 0) is 11.1 Å². The highest BCUT2D eigenvalue weighted by Gasteiger charge is 2.18. The average molecular weight is 454 g/mol. The van der Waals surface area contributed by atoms with E-state index in [0.717, 1.165) is 33.2 Å². The molecule has 4 heteroatoms. The Balaban J connectivity index is 0.00000196. The van der Waals surface area contributed by atoms with Gasteiger partial charge in [0, 0.05) is 18.5 Å². The van der Waals surface area contributed by atoms with E-state index in [1.54, 1.807) is 4.57 Å². The Hall–Kier alpha value is -2.47. The summed E-state index contributed by atoms with van der Waals surface area (Å²) in [4.78, 5) is 13.2. The lowest BCUT2D eigenvalue weighted by atomic mass is 9.97. The lowest BCUT2D eigenvalue weighted by Crippen LogP contribution is -3.00. The van der Waals surface area contributed by atoms with Crippen LogP contribution in [0.25, 0.3) is 33.2 Å². The van der Waals surface area contributed by atoms with Gasteiger partial charge in [-0.1, -0.05) is 60.7 Å². The minimum Gasteiger partial charge on any atom is -1.00 e. The zero-order valence-corrected chi connectivity index (χ0v) is 16.8. The molecule has 0 aliphatic carbocycles. The van der Waals surface area contributed by atoms with Crippen LogP contribution < -0.4 is 34.1 Å². The minimum absolute atomic E-state index is 0. The molecular formula is C22H19IN2O. The second kappa shape index (κ2) is 7.41. The molecule has 0 unspecified atom stereocenters. The lowest BCUT2D eigenvalue weighted by Gasteiger charge is -2.15. The van der Waals surface area contributed by atoms with E-state index in [0.29, 0.717) is 0 Å². The van der Waals surface area contributed by atoms with Crippen LogP contribution in [0.5, 0.6) is 0 Å². The molecule has 0 spiro atoms. The van der Waals surface area contributed by atoms with E-state index in [1.807, 2.05) is 91.6 Å². The number of benzene rings is 2. The third-order valence-electron chi connectivity index (χ3n) is 4.59. The number of aromatic nitrogens is 2. The topological polar surface area (TPSA) is 25.9 Å². The predicted octanol–water partition coefficient (Wildman–Crippen LogP) is 0.701. The Labute approximate surface area is 169 Å². The van der Waals surface area contributed by atoms with Crippen molar-refractivity contribution in [3.05, 3.63) is 89.5 Å². The van der Waals surface area contributed by atoms with Crippen LogP contribution in [0.15, 0.2) is 83.9 Å². The van der Waals surface area contributed by atoms with Crippen LogP contribution in [0, 0.1) is 0 Å². The maximum absolute atomic E-state index is 13.2. The average Bonchev–Trinajstić information content (AvgIpc) is 2.65. The van der Waals surface area contributed by atoms with Crippen LogP contribution in [-0.4, -0.2) is 4.57 Å². The van der Waals surface area contributed by atoms with Crippen LogP contribution in [0.4, 0.5) is 0 Å². The van der Waals surface area contributed by atoms with Crippen LogP contribution in [-0.2, 0) is 14.1 Å². The number of aryl methyl sites for hydroxylation is 1. The Kier molecular flexibility index (Phi) is 5.23. The third kappa shape index (κ3) is 3.05. The van der Waals surface area contributed by atoms with Crippen molar-refractivity contribution < 1.29 is 28.5 Å². The largest absolute Gasteiger partial charge is 1.00 e. The van der Waals surface area contributed by atoms with Crippen LogP contribution in [0.3, 0.4) is 0 Å². The van der Waals surface area contributed by atoms with Crippen molar-refractivity contribution in [3.63, 3.8) is 0 Å². The fourth-order valence-electron chi connectivity index (χ4n) is 3.40. The van der Waals surface area contributed by atoms with Gasteiger partial charge < -0.3 is 28.5 Å². The third-order valence-corrected chi connectivity index (χ3v) is 4.59. The number of pyridine rings is 2. The van der Waals surface area contributed by atoms with Gasteiger partial charge in [0.25, 0.3) is 5.56 Å². The minimum atomic E-state index is 0. The van der Waals surface area contributed by atoms with Crippen molar-refractivity contribution in [2.24, 2.45) is 14.1 Å². The Morgan fingerprint density at radius 1 is 0.808 bits per heavy atom. The highest BCUT2D eigenvalue weighted by Crippen LogP contribution is 2.31. The normalized spacial score (nSPS) is 10.5. The van der Waals surface area contributed by atoms with Gasteiger partial charge in [0.15, 0.2) is 12.4 Å². The highest BCUT2D eigenvalue weighted by molar-refractivity contribution is 6.02.